The highest BCUT2D eigenvalue weighted by molar-refractivity contribution is 7.85. The zero-order valence-electron chi connectivity index (χ0n) is 9.12. The van der Waals surface area contributed by atoms with E-state index in [0.717, 1.165) is 18.6 Å². The van der Waals surface area contributed by atoms with Crippen molar-refractivity contribution in [2.75, 3.05) is 18.9 Å². The maximum atomic E-state index is 13.6. The van der Waals surface area contributed by atoms with Crippen LogP contribution in [0.2, 0.25) is 0 Å². The minimum absolute atomic E-state index is 0.0133. The molecule has 2 atom stereocenters. The molecule has 2 rings (SSSR count). The van der Waals surface area contributed by atoms with E-state index in [-0.39, 0.29) is 17.5 Å². The Morgan fingerprint density at radius 2 is 2.00 bits per heavy atom. The summed E-state index contributed by atoms with van der Waals surface area (Å²) in [7, 11) is -1.73. The molecule has 17 heavy (non-hydrogen) atoms. The van der Waals surface area contributed by atoms with Crippen LogP contribution < -0.4 is 5.73 Å². The number of hydrogen-bond acceptors (Lipinski definition) is 3. The standard InChI is InChI=1S/C11H13F2NO2S/c12-9-4-7(14)5-10(13)11(9)17(15)8-2-1-3-16-6-8/h4-5,8H,1-3,6,14H2. The fourth-order valence-electron chi connectivity index (χ4n) is 1.82. The molecular weight excluding hydrogens is 248 g/mol. The van der Waals surface area contributed by atoms with Gasteiger partial charge >= 0.3 is 0 Å². The molecule has 0 radical (unpaired) electrons. The fraction of sp³-hybridized carbons (Fsp3) is 0.455. The zero-order chi connectivity index (χ0) is 12.4. The van der Waals surface area contributed by atoms with Gasteiger partial charge in [0.15, 0.2) is 0 Å². The van der Waals surface area contributed by atoms with Crippen LogP contribution in [0.15, 0.2) is 17.0 Å². The van der Waals surface area contributed by atoms with Crippen molar-refractivity contribution in [2.24, 2.45) is 0 Å². The summed E-state index contributed by atoms with van der Waals surface area (Å²) in [4.78, 5) is -0.394. The number of rotatable bonds is 2. The van der Waals surface area contributed by atoms with E-state index in [0.29, 0.717) is 13.0 Å². The highest BCUT2D eigenvalue weighted by Crippen LogP contribution is 2.25. The molecule has 3 nitrogen and oxygen atoms in total. The fourth-order valence-corrected chi connectivity index (χ4v) is 3.25. The topological polar surface area (TPSA) is 52.3 Å². The first-order valence-electron chi connectivity index (χ1n) is 5.32. The lowest BCUT2D eigenvalue weighted by Gasteiger charge is -2.21. The van der Waals surface area contributed by atoms with Gasteiger partial charge in [0.1, 0.15) is 16.5 Å². The molecule has 0 bridgehead atoms. The van der Waals surface area contributed by atoms with Crippen LogP contribution in [0.3, 0.4) is 0 Å². The van der Waals surface area contributed by atoms with E-state index < -0.39 is 27.3 Å². The summed E-state index contributed by atoms with van der Waals surface area (Å²) in [6, 6.07) is 1.97. The lowest BCUT2D eigenvalue weighted by Crippen LogP contribution is -2.28. The number of benzene rings is 1. The Labute approximate surface area is 100 Å². The van der Waals surface area contributed by atoms with E-state index in [1.165, 1.54) is 0 Å². The van der Waals surface area contributed by atoms with E-state index in [1.807, 2.05) is 0 Å². The second-order valence-electron chi connectivity index (χ2n) is 3.95. The van der Waals surface area contributed by atoms with Crippen molar-refractivity contribution in [1.29, 1.82) is 0 Å². The van der Waals surface area contributed by atoms with Crippen LogP contribution in [0.1, 0.15) is 12.8 Å². The maximum absolute atomic E-state index is 13.6. The lowest BCUT2D eigenvalue weighted by molar-refractivity contribution is 0.100. The van der Waals surface area contributed by atoms with Gasteiger partial charge < -0.3 is 10.5 Å². The summed E-state index contributed by atoms with van der Waals surface area (Å²) in [5, 5.41) is -0.351. The predicted octanol–water partition coefficient (Wildman–Crippen LogP) is 1.83. The van der Waals surface area contributed by atoms with E-state index >= 15 is 0 Å². The number of hydrogen-bond donors (Lipinski definition) is 1. The third-order valence-electron chi connectivity index (χ3n) is 2.64. The molecule has 1 aliphatic rings. The third kappa shape index (κ3) is 2.63. The van der Waals surface area contributed by atoms with Gasteiger partial charge in [0.2, 0.25) is 0 Å². The normalized spacial score (nSPS) is 22.4. The van der Waals surface area contributed by atoms with Crippen LogP contribution in [-0.4, -0.2) is 22.7 Å². The quantitative estimate of drug-likeness (QED) is 0.826. The Hall–Kier alpha value is -1.01. The van der Waals surface area contributed by atoms with E-state index in [2.05, 4.69) is 0 Å². The third-order valence-corrected chi connectivity index (χ3v) is 4.41. The van der Waals surface area contributed by atoms with Crippen LogP contribution in [0.4, 0.5) is 14.5 Å². The van der Waals surface area contributed by atoms with Gasteiger partial charge in [-0.15, -0.1) is 0 Å². The molecule has 2 unspecified atom stereocenters. The van der Waals surface area contributed by atoms with Gasteiger partial charge in [-0.1, -0.05) is 0 Å². The second kappa shape index (κ2) is 5.10. The van der Waals surface area contributed by atoms with Crippen molar-refractivity contribution < 1.29 is 17.7 Å². The van der Waals surface area contributed by atoms with Gasteiger partial charge in [0.05, 0.1) is 22.7 Å². The molecule has 1 heterocycles. The summed E-state index contributed by atoms with van der Waals surface area (Å²) in [6.45, 7) is 0.885. The van der Waals surface area contributed by atoms with Crippen LogP contribution in [0.5, 0.6) is 0 Å². The summed E-state index contributed by atoms with van der Waals surface area (Å²) >= 11 is 0. The maximum Gasteiger partial charge on any atom is 0.144 e. The molecular formula is C11H13F2NO2S. The van der Waals surface area contributed by atoms with E-state index in [4.69, 9.17) is 10.5 Å². The molecule has 0 spiro atoms. The van der Waals surface area contributed by atoms with Gasteiger partial charge in [-0.3, -0.25) is 4.21 Å². The molecule has 1 fully saturated rings. The molecule has 1 aromatic carbocycles. The first kappa shape index (κ1) is 12.4. The van der Waals surface area contributed by atoms with Gasteiger partial charge in [0, 0.05) is 12.3 Å². The van der Waals surface area contributed by atoms with Crippen molar-refractivity contribution >= 4 is 16.5 Å². The number of nitrogen functional groups attached to an aromatic ring is 1. The Kier molecular flexibility index (Phi) is 3.73. The molecule has 0 aliphatic carbocycles. The summed E-state index contributed by atoms with van der Waals surface area (Å²) in [5.74, 6) is -1.71. The smallest absolute Gasteiger partial charge is 0.144 e. The lowest BCUT2D eigenvalue weighted by atomic mass is 10.2. The number of nitrogens with two attached hydrogens (primary N) is 1. The van der Waals surface area contributed by atoms with Crippen molar-refractivity contribution in [3.8, 4) is 0 Å². The minimum Gasteiger partial charge on any atom is -0.399 e. The SMILES string of the molecule is Nc1cc(F)c(S(=O)C2CCCOC2)c(F)c1. The van der Waals surface area contributed by atoms with Crippen molar-refractivity contribution in [3.05, 3.63) is 23.8 Å². The molecule has 0 amide bonds. The van der Waals surface area contributed by atoms with Gasteiger partial charge in [-0.2, -0.15) is 0 Å². The Balaban J connectivity index is 2.30. The predicted molar refractivity (Wildman–Crippen MR) is 61.0 cm³/mol. The minimum atomic E-state index is -1.73. The molecule has 1 aliphatic heterocycles. The summed E-state index contributed by atoms with van der Waals surface area (Å²) in [6.07, 6.45) is 1.41. The van der Waals surface area contributed by atoms with E-state index in [9.17, 15) is 13.0 Å². The van der Waals surface area contributed by atoms with E-state index in [1.54, 1.807) is 0 Å². The Morgan fingerprint density at radius 3 is 2.53 bits per heavy atom. The molecule has 94 valence electrons. The van der Waals surface area contributed by atoms with Crippen molar-refractivity contribution in [2.45, 2.75) is 23.0 Å². The highest BCUT2D eigenvalue weighted by Gasteiger charge is 2.26. The summed E-state index contributed by atoms with van der Waals surface area (Å²) in [5.41, 5.74) is 5.29. The first-order chi connectivity index (χ1) is 8.09. The largest absolute Gasteiger partial charge is 0.399 e. The van der Waals surface area contributed by atoms with Crippen LogP contribution in [-0.2, 0) is 15.5 Å². The van der Waals surface area contributed by atoms with Gasteiger partial charge in [-0.25, -0.2) is 8.78 Å². The first-order valence-corrected chi connectivity index (χ1v) is 6.53. The number of ether oxygens (including phenoxy) is 1. The van der Waals surface area contributed by atoms with Crippen molar-refractivity contribution in [1.82, 2.24) is 0 Å². The molecule has 0 saturated carbocycles. The highest BCUT2D eigenvalue weighted by atomic mass is 32.2. The van der Waals surface area contributed by atoms with Crippen LogP contribution in [0.25, 0.3) is 0 Å². The Bertz CT molecular complexity index is 424. The average molecular weight is 261 g/mol. The van der Waals surface area contributed by atoms with Gasteiger partial charge in [-0.05, 0) is 25.0 Å². The molecule has 1 saturated heterocycles. The van der Waals surface area contributed by atoms with Gasteiger partial charge in [0.25, 0.3) is 0 Å². The molecule has 2 N–H and O–H groups in total. The van der Waals surface area contributed by atoms with Crippen LogP contribution in [0, 0.1) is 11.6 Å². The Morgan fingerprint density at radius 1 is 1.35 bits per heavy atom. The second-order valence-corrected chi connectivity index (χ2v) is 5.62. The monoisotopic (exact) mass is 261 g/mol. The average Bonchev–Trinajstić information content (AvgIpc) is 2.28. The molecule has 0 aromatic heterocycles. The molecule has 6 heteroatoms. The molecule has 1 aromatic rings. The number of anilines is 1. The zero-order valence-corrected chi connectivity index (χ0v) is 9.93. The van der Waals surface area contributed by atoms with Crippen molar-refractivity contribution in [3.63, 3.8) is 0 Å². The number of halogens is 2. The summed E-state index contributed by atoms with van der Waals surface area (Å²) < 4.78 is 44.4. The van der Waals surface area contributed by atoms with Crippen LogP contribution >= 0.6 is 0 Å².